The summed E-state index contributed by atoms with van der Waals surface area (Å²) in [6, 6.07) is 0. The van der Waals surface area contributed by atoms with Crippen molar-refractivity contribution >= 4 is 0 Å². The maximum atomic E-state index is 8.22. The largest absolute Gasteiger partial charge is 0.390 e. The van der Waals surface area contributed by atoms with E-state index in [9.17, 15) is 0 Å². The maximum absolute atomic E-state index is 8.22. The Labute approximate surface area is 51.0 Å². The lowest BCUT2D eigenvalue weighted by Crippen LogP contribution is -1.71. The van der Waals surface area contributed by atoms with Gasteiger partial charge in [0.2, 0.25) is 0 Å². The minimum atomic E-state index is 0.769. The molecule has 0 spiro atoms. The quantitative estimate of drug-likeness (QED) is 0.439. The molecular weight excluding hydrogens is 100 g/mol. The van der Waals surface area contributed by atoms with Crippen molar-refractivity contribution in [3.8, 4) is 0 Å². The van der Waals surface area contributed by atoms with Gasteiger partial charge in [0.25, 0.3) is 0 Å². The molecule has 0 unspecified atom stereocenters. The van der Waals surface area contributed by atoms with Gasteiger partial charge in [0, 0.05) is 0 Å². The van der Waals surface area contributed by atoms with Crippen molar-refractivity contribution in [2.75, 3.05) is 0 Å². The zero-order chi connectivity index (χ0) is 6.41. The molecule has 47 valence electrons. The lowest BCUT2D eigenvalue weighted by Gasteiger charge is -1.88. The molecule has 0 aromatic rings. The first kappa shape index (κ1) is 7.70. The number of aliphatic hydroxyl groups is 1. The van der Waals surface area contributed by atoms with E-state index in [1.165, 1.54) is 12.2 Å². The zero-order valence-electron chi connectivity index (χ0n) is 5.52. The Bertz CT molecular complexity index is 70.5. The normalized spacial score (nSPS) is 8.88. The van der Waals surface area contributed by atoms with E-state index in [4.69, 9.17) is 5.11 Å². The van der Waals surface area contributed by atoms with Gasteiger partial charge in [0.05, 0.1) is 6.61 Å². The first-order chi connectivity index (χ1) is 3.77. The van der Waals surface area contributed by atoms with Crippen molar-refractivity contribution in [2.45, 2.75) is 26.7 Å². The summed E-state index contributed by atoms with van der Waals surface area (Å²) in [4.78, 5) is 0. The van der Waals surface area contributed by atoms with Gasteiger partial charge in [0.15, 0.2) is 0 Å². The number of hydrogen-bond donors (Lipinski definition) is 1. The molecule has 1 heteroatoms. The molecule has 1 nitrogen and oxygen atoms in total. The molecule has 0 aliphatic rings. The van der Waals surface area contributed by atoms with E-state index < -0.39 is 0 Å². The molecule has 8 heavy (non-hydrogen) atoms. The van der Waals surface area contributed by atoms with Crippen molar-refractivity contribution in [1.29, 1.82) is 0 Å². The Morgan fingerprint density at radius 3 is 2.38 bits per heavy atom. The minimum Gasteiger partial charge on any atom is -0.390 e. The SMILES string of the molecule is CC(C)=CCC[CH]O. The molecule has 0 aromatic heterocycles. The summed E-state index contributed by atoms with van der Waals surface area (Å²) in [7, 11) is 0. The molecule has 0 amide bonds. The van der Waals surface area contributed by atoms with Crippen LogP contribution in [0.25, 0.3) is 0 Å². The van der Waals surface area contributed by atoms with Crippen molar-refractivity contribution in [3.05, 3.63) is 18.3 Å². The van der Waals surface area contributed by atoms with Crippen molar-refractivity contribution in [2.24, 2.45) is 0 Å². The second kappa shape index (κ2) is 4.85. The molecule has 0 aliphatic carbocycles. The van der Waals surface area contributed by atoms with E-state index in [-0.39, 0.29) is 0 Å². The number of rotatable bonds is 3. The Morgan fingerprint density at radius 2 is 2.00 bits per heavy atom. The standard InChI is InChI=1S/C7H13O/c1-7(2)5-3-4-6-8/h5-6,8H,3-4H2,1-2H3. The van der Waals surface area contributed by atoms with Gasteiger partial charge in [0.1, 0.15) is 0 Å². The predicted octanol–water partition coefficient (Wildman–Crippen LogP) is 2.27. The highest BCUT2D eigenvalue weighted by molar-refractivity contribution is 4.92. The lowest BCUT2D eigenvalue weighted by molar-refractivity contribution is 0.376. The molecule has 0 saturated carbocycles. The van der Waals surface area contributed by atoms with Crippen LogP contribution in [-0.4, -0.2) is 5.11 Å². The summed E-state index contributed by atoms with van der Waals surface area (Å²) in [5, 5.41) is 8.22. The third-order valence-electron chi connectivity index (χ3n) is 0.848. The summed E-state index contributed by atoms with van der Waals surface area (Å²) in [5.74, 6) is 0. The Kier molecular flexibility index (Phi) is 4.67. The summed E-state index contributed by atoms with van der Waals surface area (Å²) >= 11 is 0. The van der Waals surface area contributed by atoms with Gasteiger partial charge >= 0.3 is 0 Å². The minimum absolute atomic E-state index is 0.769. The van der Waals surface area contributed by atoms with Gasteiger partial charge in [-0.05, 0) is 26.7 Å². The molecule has 0 aliphatic heterocycles. The molecule has 0 bridgehead atoms. The van der Waals surface area contributed by atoms with Gasteiger partial charge in [-0.2, -0.15) is 0 Å². The number of unbranched alkanes of at least 4 members (excludes halogenated alkanes) is 1. The van der Waals surface area contributed by atoms with E-state index in [1.807, 2.05) is 0 Å². The molecule has 0 rings (SSSR count). The van der Waals surface area contributed by atoms with E-state index in [1.54, 1.807) is 0 Å². The second-order valence-corrected chi connectivity index (χ2v) is 2.04. The zero-order valence-corrected chi connectivity index (χ0v) is 5.52. The summed E-state index contributed by atoms with van der Waals surface area (Å²) < 4.78 is 0. The fourth-order valence-electron chi connectivity index (χ4n) is 0.447. The van der Waals surface area contributed by atoms with E-state index in [0.717, 1.165) is 12.8 Å². The Morgan fingerprint density at radius 1 is 1.38 bits per heavy atom. The van der Waals surface area contributed by atoms with Crippen molar-refractivity contribution in [3.63, 3.8) is 0 Å². The number of allylic oxidation sites excluding steroid dienone is 2. The molecule has 0 atom stereocenters. The summed E-state index contributed by atoms with van der Waals surface area (Å²) in [6.45, 7) is 5.30. The lowest BCUT2D eigenvalue weighted by atomic mass is 10.2. The van der Waals surface area contributed by atoms with Crippen LogP contribution in [0.3, 0.4) is 0 Å². The van der Waals surface area contributed by atoms with Crippen LogP contribution in [0.15, 0.2) is 11.6 Å². The molecule has 0 saturated heterocycles. The Balaban J connectivity index is 3.03. The third-order valence-corrected chi connectivity index (χ3v) is 0.848. The average Bonchev–Trinajstić information content (AvgIpc) is 1.66. The summed E-state index contributed by atoms with van der Waals surface area (Å²) in [6.07, 6.45) is 3.83. The molecule has 0 heterocycles. The topological polar surface area (TPSA) is 20.2 Å². The van der Waals surface area contributed by atoms with Crippen LogP contribution in [0.1, 0.15) is 26.7 Å². The van der Waals surface area contributed by atoms with E-state index in [2.05, 4.69) is 19.9 Å². The van der Waals surface area contributed by atoms with Crippen LogP contribution in [0, 0.1) is 6.61 Å². The van der Waals surface area contributed by atoms with Crippen LogP contribution in [0.5, 0.6) is 0 Å². The van der Waals surface area contributed by atoms with E-state index in [0.29, 0.717) is 0 Å². The van der Waals surface area contributed by atoms with Gasteiger partial charge in [-0.15, -0.1) is 0 Å². The van der Waals surface area contributed by atoms with Crippen LogP contribution < -0.4 is 0 Å². The van der Waals surface area contributed by atoms with Gasteiger partial charge in [-0.25, -0.2) is 0 Å². The number of aliphatic hydroxyl groups excluding tert-OH is 1. The highest BCUT2D eigenvalue weighted by atomic mass is 16.2. The Hall–Kier alpha value is -0.300. The highest BCUT2D eigenvalue weighted by Gasteiger charge is 1.79. The van der Waals surface area contributed by atoms with Crippen molar-refractivity contribution < 1.29 is 5.11 Å². The number of hydrogen-bond acceptors (Lipinski definition) is 1. The summed E-state index contributed by atoms with van der Waals surface area (Å²) in [5.41, 5.74) is 1.31. The molecule has 0 fully saturated rings. The van der Waals surface area contributed by atoms with Gasteiger partial charge < -0.3 is 5.11 Å². The van der Waals surface area contributed by atoms with E-state index >= 15 is 0 Å². The first-order valence-corrected chi connectivity index (χ1v) is 2.86. The third kappa shape index (κ3) is 5.70. The first-order valence-electron chi connectivity index (χ1n) is 2.86. The second-order valence-electron chi connectivity index (χ2n) is 2.04. The van der Waals surface area contributed by atoms with Gasteiger partial charge in [-0.3, -0.25) is 0 Å². The molecule has 1 N–H and O–H groups in total. The predicted molar refractivity (Wildman–Crippen MR) is 34.9 cm³/mol. The fraction of sp³-hybridized carbons (Fsp3) is 0.571. The highest BCUT2D eigenvalue weighted by Crippen LogP contribution is 1.96. The molecule has 0 aromatic carbocycles. The van der Waals surface area contributed by atoms with Gasteiger partial charge in [-0.1, -0.05) is 11.6 Å². The van der Waals surface area contributed by atoms with Crippen LogP contribution in [0.4, 0.5) is 0 Å². The van der Waals surface area contributed by atoms with Crippen molar-refractivity contribution in [1.82, 2.24) is 0 Å². The van der Waals surface area contributed by atoms with Crippen LogP contribution in [0.2, 0.25) is 0 Å². The molecular formula is C7H13O. The van der Waals surface area contributed by atoms with Crippen LogP contribution >= 0.6 is 0 Å². The maximum Gasteiger partial charge on any atom is 0.0802 e. The molecule has 1 radical (unpaired) electrons. The monoisotopic (exact) mass is 113 g/mol. The smallest absolute Gasteiger partial charge is 0.0802 e. The van der Waals surface area contributed by atoms with Crippen LogP contribution in [-0.2, 0) is 0 Å². The average molecular weight is 113 g/mol. The fourth-order valence-corrected chi connectivity index (χ4v) is 0.447.